The number of nitrogens with one attached hydrogen (secondary N) is 1. The number of rotatable bonds is 1. The van der Waals surface area contributed by atoms with Crippen molar-refractivity contribution in [1.29, 1.82) is 0 Å². The van der Waals surface area contributed by atoms with E-state index in [0.29, 0.717) is 11.1 Å². The van der Waals surface area contributed by atoms with Crippen molar-refractivity contribution in [2.45, 2.75) is 57.1 Å². The molecule has 1 spiro atoms. The Hall–Kier alpha value is -2.53. The van der Waals surface area contributed by atoms with Gasteiger partial charge in [-0.2, -0.15) is 4.99 Å². The summed E-state index contributed by atoms with van der Waals surface area (Å²) in [7, 11) is -3.83. The summed E-state index contributed by atoms with van der Waals surface area (Å²) >= 11 is 0. The fraction of sp³-hybridized carbons (Fsp3) is 0.579. The standard InChI is InChI=1S/C19H25N3O7S/c1-17(2,3)29-16(23)20-15-18(4,5)30(26,27)11-19(21-15)10-28-9-12-6-7-13(22(24)25)8-14(12)19/h6-8H,9-11H2,1-5H3,(H,20,21,23)/t19-/m0/s1. The van der Waals surface area contributed by atoms with Crippen LogP contribution in [0.2, 0.25) is 0 Å². The lowest BCUT2D eigenvalue weighted by atomic mass is 9.85. The molecule has 1 aromatic rings. The van der Waals surface area contributed by atoms with Gasteiger partial charge in [-0.3, -0.25) is 10.1 Å². The molecule has 10 nitrogen and oxygen atoms in total. The molecule has 1 fully saturated rings. The van der Waals surface area contributed by atoms with E-state index >= 15 is 0 Å². The lowest BCUT2D eigenvalue weighted by Crippen LogP contribution is -2.67. The van der Waals surface area contributed by atoms with Crippen molar-refractivity contribution in [2.24, 2.45) is 4.99 Å². The summed E-state index contributed by atoms with van der Waals surface area (Å²) in [4.78, 5) is 27.0. The second kappa shape index (κ2) is 7.02. The average Bonchev–Trinajstić information content (AvgIpc) is 2.58. The molecule has 2 heterocycles. The summed E-state index contributed by atoms with van der Waals surface area (Å²) in [6.45, 7) is 8.06. The van der Waals surface area contributed by atoms with Gasteiger partial charge in [0.05, 0.1) is 23.9 Å². The highest BCUT2D eigenvalue weighted by molar-refractivity contribution is 7.93. The maximum absolute atomic E-state index is 13.2. The van der Waals surface area contributed by atoms with E-state index < -0.39 is 36.7 Å². The Kier molecular flexibility index (Phi) is 5.18. The zero-order chi connectivity index (χ0) is 22.5. The number of carbonyl (C=O) groups excluding carboxylic acids is 1. The molecular weight excluding hydrogens is 414 g/mol. The van der Waals surface area contributed by atoms with Gasteiger partial charge in [0.1, 0.15) is 21.7 Å². The maximum atomic E-state index is 13.2. The second-order valence-corrected chi connectivity index (χ2v) is 11.5. The van der Waals surface area contributed by atoms with Crippen LogP contribution in [0, 0.1) is 10.1 Å². The van der Waals surface area contributed by atoms with Crippen LogP contribution in [0.1, 0.15) is 45.7 Å². The molecule has 2 aliphatic rings. The highest BCUT2D eigenvalue weighted by Crippen LogP contribution is 2.40. The van der Waals surface area contributed by atoms with Gasteiger partial charge in [-0.25, -0.2) is 13.2 Å². The Morgan fingerprint density at radius 2 is 2.00 bits per heavy atom. The van der Waals surface area contributed by atoms with E-state index in [1.54, 1.807) is 26.8 Å². The van der Waals surface area contributed by atoms with Crippen LogP contribution in [0.4, 0.5) is 10.5 Å². The second-order valence-electron chi connectivity index (χ2n) is 9.01. The summed E-state index contributed by atoms with van der Waals surface area (Å²) in [6.07, 6.45) is -0.929. The first-order valence-electron chi connectivity index (χ1n) is 9.35. The number of fused-ring (bicyclic) bond motifs is 2. The van der Waals surface area contributed by atoms with Gasteiger partial charge in [0.15, 0.2) is 9.84 Å². The van der Waals surface area contributed by atoms with Crippen LogP contribution in [0.15, 0.2) is 23.2 Å². The highest BCUT2D eigenvalue weighted by Gasteiger charge is 2.55. The number of nitrogens with zero attached hydrogens (tertiary/aromatic N) is 2. The first-order valence-corrected chi connectivity index (χ1v) is 11.0. The molecule has 0 aliphatic carbocycles. The summed E-state index contributed by atoms with van der Waals surface area (Å²) in [5, 5.41) is 14.4. The number of hydrogen-bond donors (Lipinski definition) is 1. The molecule has 3 rings (SSSR count). The number of sulfone groups is 1. The quantitative estimate of drug-likeness (QED) is 0.520. The van der Waals surface area contributed by atoms with Crippen molar-refractivity contribution in [3.8, 4) is 0 Å². The lowest BCUT2D eigenvalue weighted by Gasteiger charge is -2.47. The molecular formula is C19H25N3O7S. The Balaban J connectivity index is 2.14. The lowest BCUT2D eigenvalue weighted by molar-refractivity contribution is -0.385. The Labute approximate surface area is 174 Å². The maximum Gasteiger partial charge on any atom is 0.435 e. The van der Waals surface area contributed by atoms with Gasteiger partial charge < -0.3 is 14.8 Å². The van der Waals surface area contributed by atoms with Gasteiger partial charge >= 0.3 is 6.09 Å². The number of amidine groups is 1. The molecule has 164 valence electrons. The number of benzene rings is 1. The number of hydrogen-bond acceptors (Lipinski definition) is 7. The minimum atomic E-state index is -3.83. The van der Waals surface area contributed by atoms with Crippen LogP contribution >= 0.6 is 0 Å². The minimum absolute atomic E-state index is 0.0518. The van der Waals surface area contributed by atoms with Crippen molar-refractivity contribution in [3.05, 3.63) is 39.4 Å². The fourth-order valence-electron chi connectivity index (χ4n) is 3.49. The fourth-order valence-corrected chi connectivity index (χ4v) is 5.20. The van der Waals surface area contributed by atoms with E-state index in [-0.39, 0.29) is 30.5 Å². The van der Waals surface area contributed by atoms with Gasteiger partial charge in [-0.15, -0.1) is 0 Å². The van der Waals surface area contributed by atoms with Crippen molar-refractivity contribution < 1.29 is 27.6 Å². The smallest absolute Gasteiger partial charge is 0.435 e. The minimum Gasteiger partial charge on any atom is -0.442 e. The van der Waals surface area contributed by atoms with E-state index in [9.17, 15) is 23.3 Å². The molecule has 2 aliphatic heterocycles. The molecule has 0 aromatic heterocycles. The topological polar surface area (TPSA) is 137 Å². The summed E-state index contributed by atoms with van der Waals surface area (Å²) in [6, 6.07) is 4.25. The van der Waals surface area contributed by atoms with Gasteiger partial charge in [-0.1, -0.05) is 0 Å². The first-order chi connectivity index (χ1) is 13.7. The van der Waals surface area contributed by atoms with Crippen LogP contribution in [0.3, 0.4) is 0 Å². The number of amides is 1. The molecule has 1 atom stereocenters. The van der Waals surface area contributed by atoms with Crippen LogP contribution in [-0.2, 0) is 31.5 Å². The van der Waals surface area contributed by atoms with Gasteiger partial charge in [0, 0.05) is 12.1 Å². The number of nitro groups is 1. The van der Waals surface area contributed by atoms with Gasteiger partial charge in [0.2, 0.25) is 0 Å². The number of carbonyl (C=O) groups is 1. The molecule has 1 saturated heterocycles. The molecule has 1 amide bonds. The Morgan fingerprint density at radius 3 is 2.60 bits per heavy atom. The molecule has 0 radical (unpaired) electrons. The zero-order valence-corrected chi connectivity index (χ0v) is 18.3. The third kappa shape index (κ3) is 3.91. The molecule has 11 heteroatoms. The summed E-state index contributed by atoms with van der Waals surface area (Å²) in [5.74, 6) is -0.458. The van der Waals surface area contributed by atoms with Crippen LogP contribution in [0.25, 0.3) is 0 Å². The van der Waals surface area contributed by atoms with Gasteiger partial charge in [-0.05, 0) is 51.8 Å². The molecule has 0 unspecified atom stereocenters. The van der Waals surface area contributed by atoms with Gasteiger partial charge in [0.25, 0.3) is 5.69 Å². The average molecular weight is 439 g/mol. The van der Waals surface area contributed by atoms with E-state index in [1.165, 1.54) is 26.0 Å². The van der Waals surface area contributed by atoms with Crippen LogP contribution in [-0.4, -0.2) is 48.0 Å². The van der Waals surface area contributed by atoms with Crippen LogP contribution in [0.5, 0.6) is 0 Å². The predicted molar refractivity (Wildman–Crippen MR) is 109 cm³/mol. The van der Waals surface area contributed by atoms with E-state index in [4.69, 9.17) is 9.47 Å². The Morgan fingerprint density at radius 1 is 1.33 bits per heavy atom. The number of nitro benzene ring substituents is 1. The highest BCUT2D eigenvalue weighted by atomic mass is 32.2. The third-order valence-electron chi connectivity index (χ3n) is 5.16. The molecule has 1 aromatic carbocycles. The Bertz CT molecular complexity index is 1040. The van der Waals surface area contributed by atoms with E-state index in [0.717, 1.165) is 0 Å². The number of non-ortho nitro benzene ring substituents is 1. The number of ether oxygens (including phenoxy) is 2. The zero-order valence-electron chi connectivity index (χ0n) is 17.5. The molecule has 1 N–H and O–H groups in total. The third-order valence-corrected chi connectivity index (χ3v) is 7.79. The first kappa shape index (κ1) is 22.2. The van der Waals surface area contributed by atoms with E-state index in [2.05, 4.69) is 10.3 Å². The van der Waals surface area contributed by atoms with Crippen molar-refractivity contribution in [1.82, 2.24) is 5.32 Å². The summed E-state index contributed by atoms with van der Waals surface area (Å²) in [5.41, 5.74) is -1.21. The normalized spacial score (nSPS) is 26.0. The monoisotopic (exact) mass is 439 g/mol. The molecule has 30 heavy (non-hydrogen) atoms. The SMILES string of the molecule is CC(C)(C)OC(=O)/N=C1\N[C@@]2(COCc3ccc([N+](=O)[O-])cc32)CS(=O)(=O)C1(C)C. The number of aliphatic imine (C=N–C) groups is 1. The summed E-state index contributed by atoms with van der Waals surface area (Å²) < 4.78 is 35.8. The van der Waals surface area contributed by atoms with Crippen molar-refractivity contribution >= 4 is 27.5 Å². The van der Waals surface area contributed by atoms with E-state index in [1.807, 2.05) is 0 Å². The van der Waals surface area contributed by atoms with Crippen molar-refractivity contribution in [3.63, 3.8) is 0 Å². The van der Waals surface area contributed by atoms with Crippen molar-refractivity contribution in [2.75, 3.05) is 12.4 Å². The predicted octanol–water partition coefficient (Wildman–Crippen LogP) is 2.45. The molecule has 0 saturated carbocycles. The molecule has 0 bridgehead atoms. The largest absolute Gasteiger partial charge is 0.442 e. The van der Waals surface area contributed by atoms with Crippen LogP contribution < -0.4 is 5.32 Å².